The van der Waals surface area contributed by atoms with Gasteiger partial charge in [0.2, 0.25) is 0 Å². The topological polar surface area (TPSA) is 47.9 Å². The molecule has 4 heteroatoms. The van der Waals surface area contributed by atoms with Crippen LogP contribution in [0.25, 0.3) is 0 Å². The molecule has 2 aliphatic heterocycles. The first-order valence-electron chi connectivity index (χ1n) is 8.44. The van der Waals surface area contributed by atoms with Gasteiger partial charge in [0, 0.05) is 12.8 Å². The maximum atomic E-state index is 10.3. The average Bonchev–Trinajstić information content (AvgIpc) is 3.17. The van der Waals surface area contributed by atoms with E-state index in [0.29, 0.717) is 26.1 Å². The largest absolute Gasteiger partial charge is 0.390 e. The van der Waals surface area contributed by atoms with Gasteiger partial charge in [-0.25, -0.2) is 0 Å². The third-order valence-corrected chi connectivity index (χ3v) is 4.79. The number of ether oxygens (including phenoxy) is 3. The predicted octanol–water partition coefficient (Wildman–Crippen LogP) is 3.04. The van der Waals surface area contributed by atoms with Gasteiger partial charge in [-0.3, -0.25) is 0 Å². The first-order valence-corrected chi connectivity index (χ1v) is 8.44. The first kappa shape index (κ1) is 15.8. The van der Waals surface area contributed by atoms with Gasteiger partial charge in [-0.2, -0.15) is 0 Å². The molecule has 2 saturated heterocycles. The summed E-state index contributed by atoms with van der Waals surface area (Å²) in [5, 5.41) is 10.3. The number of rotatable bonds is 6. The van der Waals surface area contributed by atoms with Crippen LogP contribution >= 0.6 is 0 Å². The van der Waals surface area contributed by atoms with Crippen LogP contribution in [0.4, 0.5) is 0 Å². The van der Waals surface area contributed by atoms with E-state index in [2.05, 4.69) is 0 Å². The molecule has 0 saturated carbocycles. The van der Waals surface area contributed by atoms with Crippen LogP contribution in [0.1, 0.15) is 24.0 Å². The second-order valence-electron chi connectivity index (χ2n) is 6.55. The molecule has 4 nitrogen and oxygen atoms in total. The van der Waals surface area contributed by atoms with Gasteiger partial charge in [0.15, 0.2) is 5.79 Å². The standard InChI is InChI=1S/C20H22O4/c21-18-11-17-12-20(19(18)24-17,22-13-15-7-3-1-4-8-15)23-14-16-9-5-2-6-10-16/h1-10,17-19,21H,11-14H2/t17-,18+,19+/m0/s1. The second-order valence-corrected chi connectivity index (χ2v) is 6.55. The number of hydrogen-bond donors (Lipinski definition) is 1. The molecule has 126 valence electrons. The molecule has 2 bridgehead atoms. The van der Waals surface area contributed by atoms with Crippen molar-refractivity contribution in [1.29, 1.82) is 0 Å². The van der Waals surface area contributed by atoms with Crippen LogP contribution in [0.5, 0.6) is 0 Å². The maximum Gasteiger partial charge on any atom is 0.200 e. The van der Waals surface area contributed by atoms with Crippen LogP contribution in [-0.4, -0.2) is 29.2 Å². The second kappa shape index (κ2) is 6.65. The third-order valence-electron chi connectivity index (χ3n) is 4.79. The lowest BCUT2D eigenvalue weighted by Gasteiger charge is -2.37. The molecular weight excluding hydrogens is 304 g/mol. The van der Waals surface area contributed by atoms with E-state index in [9.17, 15) is 5.11 Å². The van der Waals surface area contributed by atoms with Gasteiger partial charge in [0.1, 0.15) is 6.10 Å². The van der Waals surface area contributed by atoms with Crippen molar-refractivity contribution < 1.29 is 19.3 Å². The van der Waals surface area contributed by atoms with Crippen molar-refractivity contribution in [3.05, 3.63) is 71.8 Å². The van der Waals surface area contributed by atoms with Crippen LogP contribution in [0.3, 0.4) is 0 Å². The monoisotopic (exact) mass is 326 g/mol. The summed E-state index contributed by atoms with van der Waals surface area (Å²) in [6.45, 7) is 0.879. The molecule has 0 radical (unpaired) electrons. The number of fused-ring (bicyclic) bond motifs is 2. The first-order chi connectivity index (χ1) is 11.8. The summed E-state index contributed by atoms with van der Waals surface area (Å²) in [7, 11) is 0. The lowest BCUT2D eigenvalue weighted by atomic mass is 9.91. The van der Waals surface area contributed by atoms with Crippen molar-refractivity contribution in [3.8, 4) is 0 Å². The molecule has 4 rings (SSSR count). The number of benzene rings is 2. The van der Waals surface area contributed by atoms with Crippen molar-refractivity contribution >= 4 is 0 Å². The SMILES string of the molecule is O[C@@H]1C[C@H]2CC(OCc3ccccc3)(OCc3ccccc3)[C@@H]1O2. The van der Waals surface area contributed by atoms with Crippen LogP contribution < -0.4 is 0 Å². The highest BCUT2D eigenvalue weighted by atomic mass is 16.7. The molecule has 0 amide bonds. The van der Waals surface area contributed by atoms with E-state index < -0.39 is 18.0 Å². The molecule has 0 aliphatic carbocycles. The molecule has 3 atom stereocenters. The number of aliphatic hydroxyl groups is 1. The predicted molar refractivity (Wildman–Crippen MR) is 89.1 cm³/mol. The Bertz CT molecular complexity index is 614. The summed E-state index contributed by atoms with van der Waals surface area (Å²) < 4.78 is 18.3. The number of hydrogen-bond acceptors (Lipinski definition) is 4. The van der Waals surface area contributed by atoms with E-state index in [-0.39, 0.29) is 6.10 Å². The molecule has 24 heavy (non-hydrogen) atoms. The van der Waals surface area contributed by atoms with E-state index in [1.54, 1.807) is 0 Å². The van der Waals surface area contributed by atoms with Crippen molar-refractivity contribution in [2.75, 3.05) is 0 Å². The summed E-state index contributed by atoms with van der Waals surface area (Å²) in [6, 6.07) is 20.0. The fourth-order valence-electron chi connectivity index (χ4n) is 3.59. The van der Waals surface area contributed by atoms with Crippen molar-refractivity contribution in [3.63, 3.8) is 0 Å². The van der Waals surface area contributed by atoms with Gasteiger partial charge >= 0.3 is 0 Å². The Kier molecular flexibility index (Phi) is 4.37. The van der Waals surface area contributed by atoms with E-state index in [4.69, 9.17) is 14.2 Å². The zero-order valence-electron chi connectivity index (χ0n) is 13.5. The Morgan fingerprint density at radius 3 is 1.92 bits per heavy atom. The molecule has 2 heterocycles. The zero-order chi connectivity index (χ0) is 16.4. The Morgan fingerprint density at radius 1 is 0.917 bits per heavy atom. The minimum Gasteiger partial charge on any atom is -0.390 e. The van der Waals surface area contributed by atoms with Crippen LogP contribution in [0.2, 0.25) is 0 Å². The number of aliphatic hydroxyl groups excluding tert-OH is 1. The summed E-state index contributed by atoms with van der Waals surface area (Å²) >= 11 is 0. The van der Waals surface area contributed by atoms with Gasteiger partial charge in [-0.1, -0.05) is 60.7 Å². The lowest BCUT2D eigenvalue weighted by molar-refractivity contribution is -0.283. The Balaban J connectivity index is 1.50. The smallest absolute Gasteiger partial charge is 0.200 e. The summed E-state index contributed by atoms with van der Waals surface area (Å²) in [6.07, 6.45) is 0.381. The Hall–Kier alpha value is -1.72. The van der Waals surface area contributed by atoms with Gasteiger partial charge in [-0.05, 0) is 11.1 Å². The fourth-order valence-corrected chi connectivity index (χ4v) is 3.59. The van der Waals surface area contributed by atoms with Gasteiger partial charge in [-0.15, -0.1) is 0 Å². The third kappa shape index (κ3) is 3.10. The molecule has 2 aliphatic rings. The highest BCUT2D eigenvalue weighted by molar-refractivity contribution is 5.15. The van der Waals surface area contributed by atoms with E-state index in [1.807, 2.05) is 60.7 Å². The van der Waals surface area contributed by atoms with Gasteiger partial charge in [0.05, 0.1) is 25.4 Å². The van der Waals surface area contributed by atoms with Gasteiger partial charge in [0.25, 0.3) is 0 Å². The summed E-state index contributed by atoms with van der Waals surface area (Å²) in [4.78, 5) is 0. The van der Waals surface area contributed by atoms with Crippen molar-refractivity contribution in [1.82, 2.24) is 0 Å². The highest BCUT2D eigenvalue weighted by Crippen LogP contribution is 2.45. The highest BCUT2D eigenvalue weighted by Gasteiger charge is 2.59. The van der Waals surface area contributed by atoms with Gasteiger partial charge < -0.3 is 19.3 Å². The molecule has 0 unspecified atom stereocenters. The zero-order valence-corrected chi connectivity index (χ0v) is 13.5. The fraction of sp³-hybridized carbons (Fsp3) is 0.400. The van der Waals surface area contributed by atoms with E-state index in [1.165, 1.54) is 0 Å². The van der Waals surface area contributed by atoms with Crippen molar-refractivity contribution in [2.24, 2.45) is 0 Å². The molecule has 1 N–H and O–H groups in total. The Morgan fingerprint density at radius 2 is 1.46 bits per heavy atom. The lowest BCUT2D eigenvalue weighted by Crippen LogP contribution is -2.50. The minimum absolute atomic E-state index is 0.0107. The van der Waals surface area contributed by atoms with Crippen molar-refractivity contribution in [2.45, 2.75) is 50.2 Å². The minimum atomic E-state index is -0.881. The van der Waals surface area contributed by atoms with Crippen LogP contribution in [0.15, 0.2) is 60.7 Å². The average molecular weight is 326 g/mol. The molecule has 0 spiro atoms. The summed E-state index contributed by atoms with van der Waals surface area (Å²) in [5.41, 5.74) is 2.16. The van der Waals surface area contributed by atoms with Crippen LogP contribution in [-0.2, 0) is 27.4 Å². The molecule has 0 aromatic heterocycles. The van der Waals surface area contributed by atoms with Crippen LogP contribution in [0, 0.1) is 0 Å². The molecular formula is C20H22O4. The summed E-state index contributed by atoms with van der Waals surface area (Å²) in [5.74, 6) is -0.881. The Labute approximate surface area is 142 Å². The quantitative estimate of drug-likeness (QED) is 0.829. The van der Waals surface area contributed by atoms with E-state index in [0.717, 1.165) is 11.1 Å². The molecule has 2 fully saturated rings. The normalized spacial score (nSPS) is 27.5. The van der Waals surface area contributed by atoms with E-state index >= 15 is 0 Å². The maximum absolute atomic E-state index is 10.3. The molecule has 2 aromatic rings. The molecule has 2 aromatic carbocycles.